The molecule has 0 aliphatic carbocycles. The number of halogens is 3. The number of fused-ring (bicyclic) bond motifs is 1. The fourth-order valence-electron chi connectivity index (χ4n) is 4.38. The van der Waals surface area contributed by atoms with Crippen molar-refractivity contribution in [2.75, 3.05) is 23.3 Å². The lowest BCUT2D eigenvalue weighted by Crippen LogP contribution is -2.21. The summed E-state index contributed by atoms with van der Waals surface area (Å²) in [6, 6.07) is 6.25. The molecule has 34 heavy (non-hydrogen) atoms. The van der Waals surface area contributed by atoms with Gasteiger partial charge in [0.05, 0.1) is 30.0 Å². The number of pyridine rings is 1. The third kappa shape index (κ3) is 4.18. The number of alkyl halides is 3. The number of benzene rings is 1. The molecular weight excluding hydrogens is 445 g/mol. The summed E-state index contributed by atoms with van der Waals surface area (Å²) in [6.45, 7) is 3.54. The lowest BCUT2D eigenvalue weighted by Gasteiger charge is -2.19. The molecular formula is C24H21F3N6O. The minimum absolute atomic E-state index is 0.00559. The van der Waals surface area contributed by atoms with Crippen LogP contribution in [0, 0.1) is 6.92 Å². The van der Waals surface area contributed by atoms with Crippen molar-refractivity contribution in [2.45, 2.75) is 25.4 Å². The van der Waals surface area contributed by atoms with Crippen LogP contribution in [-0.4, -0.2) is 38.3 Å². The highest BCUT2D eigenvalue weighted by molar-refractivity contribution is 6.04. The van der Waals surface area contributed by atoms with E-state index in [2.05, 4.69) is 25.2 Å². The van der Waals surface area contributed by atoms with Gasteiger partial charge in [0.1, 0.15) is 5.52 Å². The predicted octanol–water partition coefficient (Wildman–Crippen LogP) is 4.70. The second kappa shape index (κ2) is 8.44. The van der Waals surface area contributed by atoms with Crippen LogP contribution >= 0.6 is 0 Å². The van der Waals surface area contributed by atoms with Crippen molar-refractivity contribution in [2.24, 2.45) is 0 Å². The van der Waals surface area contributed by atoms with Gasteiger partial charge in [-0.3, -0.25) is 9.78 Å². The van der Waals surface area contributed by atoms with E-state index in [4.69, 9.17) is 0 Å². The van der Waals surface area contributed by atoms with Gasteiger partial charge in [0, 0.05) is 43.2 Å². The molecule has 4 heterocycles. The zero-order valence-corrected chi connectivity index (χ0v) is 18.3. The Kier molecular flexibility index (Phi) is 5.43. The first-order chi connectivity index (χ1) is 16.3. The van der Waals surface area contributed by atoms with Crippen molar-refractivity contribution in [3.8, 4) is 0 Å². The Hall–Kier alpha value is -3.95. The molecule has 1 N–H and O–H groups in total. The van der Waals surface area contributed by atoms with Gasteiger partial charge >= 0.3 is 6.18 Å². The number of hydrogen-bond donors (Lipinski definition) is 1. The Bertz CT molecular complexity index is 1370. The molecule has 0 radical (unpaired) electrons. The van der Waals surface area contributed by atoms with Crippen molar-refractivity contribution in [1.29, 1.82) is 0 Å². The number of aryl methyl sites for hydroxylation is 1. The summed E-state index contributed by atoms with van der Waals surface area (Å²) >= 11 is 0. The van der Waals surface area contributed by atoms with Gasteiger partial charge in [0.2, 0.25) is 0 Å². The third-order valence-electron chi connectivity index (χ3n) is 6.11. The molecule has 0 spiro atoms. The monoisotopic (exact) mass is 466 g/mol. The molecule has 0 saturated carbocycles. The summed E-state index contributed by atoms with van der Waals surface area (Å²) in [5.41, 5.74) is 2.49. The average Bonchev–Trinajstić information content (AvgIpc) is 3.49. The molecule has 1 amide bonds. The molecule has 1 saturated heterocycles. The van der Waals surface area contributed by atoms with Crippen molar-refractivity contribution in [1.82, 2.24) is 19.4 Å². The number of carbonyl (C=O) groups is 1. The number of amides is 1. The van der Waals surface area contributed by atoms with Crippen LogP contribution in [0.1, 0.15) is 39.4 Å². The molecule has 1 atom stereocenters. The van der Waals surface area contributed by atoms with Crippen molar-refractivity contribution in [3.63, 3.8) is 0 Å². The van der Waals surface area contributed by atoms with Gasteiger partial charge in [-0.15, -0.1) is 0 Å². The molecule has 3 aromatic heterocycles. The third-order valence-corrected chi connectivity index (χ3v) is 6.11. The Morgan fingerprint density at radius 1 is 1.15 bits per heavy atom. The first-order valence-corrected chi connectivity index (χ1v) is 10.8. The fourth-order valence-corrected chi connectivity index (χ4v) is 4.38. The number of hydrogen-bond acceptors (Lipinski definition) is 5. The molecule has 1 fully saturated rings. The first-order valence-electron chi connectivity index (χ1n) is 10.8. The van der Waals surface area contributed by atoms with E-state index in [9.17, 15) is 18.0 Å². The number of nitrogens with zero attached hydrogens (tertiary/aromatic N) is 5. The standard InChI is InChI=1S/C24H21F3N6O/c1-15-2-3-16(23(34)31-19-9-18(10-28-11-19)24(25,26)27)8-20(15)17-4-6-32(13-17)22-21-12-29-14-33(21)7-5-30-22/h2-3,5,7-12,14,17H,4,6,13H2,1H3,(H,31,34)/t17-/m1/s1. The van der Waals surface area contributed by atoms with Crippen LogP contribution in [0.4, 0.5) is 24.7 Å². The van der Waals surface area contributed by atoms with Crippen LogP contribution in [0.2, 0.25) is 0 Å². The van der Waals surface area contributed by atoms with E-state index in [1.54, 1.807) is 24.8 Å². The van der Waals surface area contributed by atoms with Crippen LogP contribution in [-0.2, 0) is 6.18 Å². The Morgan fingerprint density at radius 2 is 2.00 bits per heavy atom. The zero-order valence-electron chi connectivity index (χ0n) is 18.3. The lowest BCUT2D eigenvalue weighted by atomic mass is 9.92. The van der Waals surface area contributed by atoms with Gasteiger partial charge in [0.15, 0.2) is 5.82 Å². The zero-order chi connectivity index (χ0) is 23.9. The number of rotatable bonds is 4. The van der Waals surface area contributed by atoms with E-state index >= 15 is 0 Å². The summed E-state index contributed by atoms with van der Waals surface area (Å²) in [6.07, 6.45) is 5.40. The molecule has 0 unspecified atom stereocenters. The van der Waals surface area contributed by atoms with Crippen molar-refractivity contribution >= 4 is 22.9 Å². The average molecular weight is 466 g/mol. The Morgan fingerprint density at radius 3 is 2.82 bits per heavy atom. The van der Waals surface area contributed by atoms with E-state index in [1.807, 2.05) is 29.7 Å². The summed E-state index contributed by atoms with van der Waals surface area (Å²) in [4.78, 5) is 27.3. The minimum Gasteiger partial charge on any atom is -0.354 e. The van der Waals surface area contributed by atoms with Crippen LogP contribution in [0.15, 0.2) is 61.6 Å². The van der Waals surface area contributed by atoms with Crippen LogP contribution in [0.25, 0.3) is 5.52 Å². The molecule has 4 aromatic rings. The quantitative estimate of drug-likeness (QED) is 0.472. The molecule has 1 aromatic carbocycles. The number of anilines is 2. The van der Waals surface area contributed by atoms with Crippen molar-refractivity contribution < 1.29 is 18.0 Å². The maximum absolute atomic E-state index is 13.0. The SMILES string of the molecule is Cc1ccc(C(=O)Nc2cncc(C(F)(F)F)c2)cc1[C@@H]1CCN(c2nccn3cncc23)C1. The molecule has 5 rings (SSSR count). The highest BCUT2D eigenvalue weighted by Gasteiger charge is 2.31. The minimum atomic E-state index is -4.53. The van der Waals surface area contributed by atoms with Crippen LogP contribution in [0.5, 0.6) is 0 Å². The summed E-state index contributed by atoms with van der Waals surface area (Å²) in [5, 5.41) is 2.53. The van der Waals surface area contributed by atoms with E-state index in [1.165, 1.54) is 6.20 Å². The Labute approximate surface area is 193 Å². The maximum atomic E-state index is 13.0. The highest BCUT2D eigenvalue weighted by atomic mass is 19.4. The van der Waals surface area contributed by atoms with E-state index in [0.29, 0.717) is 5.56 Å². The molecule has 10 heteroatoms. The molecule has 174 valence electrons. The summed E-state index contributed by atoms with van der Waals surface area (Å²) < 4.78 is 40.8. The number of nitrogens with one attached hydrogen (secondary N) is 1. The largest absolute Gasteiger partial charge is 0.417 e. The number of aromatic nitrogens is 4. The molecule has 1 aliphatic rings. The van der Waals surface area contributed by atoms with Crippen LogP contribution in [0.3, 0.4) is 0 Å². The first kappa shape index (κ1) is 21.9. The summed E-state index contributed by atoms with van der Waals surface area (Å²) in [5.74, 6) is 0.571. The van der Waals surface area contributed by atoms with Gasteiger partial charge in [-0.05, 0) is 42.7 Å². The predicted molar refractivity (Wildman–Crippen MR) is 121 cm³/mol. The second-order valence-corrected chi connectivity index (χ2v) is 8.35. The van der Waals surface area contributed by atoms with E-state index < -0.39 is 17.6 Å². The normalized spacial score (nSPS) is 16.2. The van der Waals surface area contributed by atoms with Gasteiger partial charge in [-0.25, -0.2) is 9.97 Å². The summed E-state index contributed by atoms with van der Waals surface area (Å²) in [7, 11) is 0. The smallest absolute Gasteiger partial charge is 0.354 e. The Balaban J connectivity index is 1.35. The molecule has 0 bridgehead atoms. The fraction of sp³-hybridized carbons (Fsp3) is 0.250. The molecule has 7 nitrogen and oxygen atoms in total. The topological polar surface area (TPSA) is 75.4 Å². The van der Waals surface area contributed by atoms with E-state index in [-0.39, 0.29) is 11.6 Å². The van der Waals surface area contributed by atoms with E-state index in [0.717, 1.165) is 54.2 Å². The van der Waals surface area contributed by atoms with Gasteiger partial charge < -0.3 is 14.6 Å². The lowest BCUT2D eigenvalue weighted by molar-refractivity contribution is -0.137. The van der Waals surface area contributed by atoms with Crippen molar-refractivity contribution in [3.05, 3.63) is 83.8 Å². The number of carbonyl (C=O) groups excluding carboxylic acids is 1. The second-order valence-electron chi connectivity index (χ2n) is 8.35. The van der Waals surface area contributed by atoms with Gasteiger partial charge in [0.25, 0.3) is 5.91 Å². The van der Waals surface area contributed by atoms with Gasteiger partial charge in [-0.2, -0.15) is 13.2 Å². The van der Waals surface area contributed by atoms with Crippen LogP contribution < -0.4 is 10.2 Å². The highest BCUT2D eigenvalue weighted by Crippen LogP contribution is 2.34. The number of imidazole rings is 1. The maximum Gasteiger partial charge on any atom is 0.417 e. The van der Waals surface area contributed by atoms with Gasteiger partial charge in [-0.1, -0.05) is 6.07 Å². The molecule has 1 aliphatic heterocycles.